The van der Waals surface area contributed by atoms with Crippen LogP contribution in [-0.4, -0.2) is 11.1 Å². The fourth-order valence-electron chi connectivity index (χ4n) is 2.46. The molecule has 2 rings (SSSR count). The van der Waals surface area contributed by atoms with Crippen molar-refractivity contribution in [3.05, 3.63) is 42.0 Å². The second-order valence-electron chi connectivity index (χ2n) is 5.22. The molecule has 0 amide bonds. The van der Waals surface area contributed by atoms with Gasteiger partial charge in [0.15, 0.2) is 0 Å². The Morgan fingerprint density at radius 2 is 2.00 bits per heavy atom. The van der Waals surface area contributed by atoms with Crippen LogP contribution in [0.5, 0.6) is 0 Å². The van der Waals surface area contributed by atoms with Crippen LogP contribution in [0.3, 0.4) is 0 Å². The number of nitriles is 1. The fourth-order valence-corrected chi connectivity index (χ4v) is 2.46. The quantitative estimate of drug-likeness (QED) is 0.827. The number of carbonyl (C=O) groups is 1. The van der Waals surface area contributed by atoms with Crippen molar-refractivity contribution in [3.63, 3.8) is 0 Å². The van der Waals surface area contributed by atoms with Gasteiger partial charge in [0.05, 0.1) is 17.6 Å². The zero-order valence-electron chi connectivity index (χ0n) is 10.4. The lowest BCUT2D eigenvalue weighted by molar-refractivity contribution is -0.139. The fraction of sp³-hybridized carbons (Fsp3) is 0.333. The van der Waals surface area contributed by atoms with Crippen molar-refractivity contribution in [1.29, 1.82) is 5.26 Å². The number of hydrogen-bond acceptors (Lipinski definition) is 2. The number of benzene rings is 1. The Morgan fingerprint density at radius 3 is 2.44 bits per heavy atom. The summed E-state index contributed by atoms with van der Waals surface area (Å²) in [6, 6.07) is 11.5. The lowest BCUT2D eigenvalue weighted by atomic mass is 10.0. The van der Waals surface area contributed by atoms with Crippen molar-refractivity contribution in [2.45, 2.75) is 13.8 Å². The van der Waals surface area contributed by atoms with E-state index in [1.807, 2.05) is 44.2 Å². The van der Waals surface area contributed by atoms with E-state index in [4.69, 9.17) is 5.11 Å². The van der Waals surface area contributed by atoms with E-state index < -0.39 is 5.97 Å². The molecule has 1 aromatic rings. The summed E-state index contributed by atoms with van der Waals surface area (Å²) in [6.07, 6.45) is 1.80. The van der Waals surface area contributed by atoms with Gasteiger partial charge >= 0.3 is 5.97 Å². The van der Waals surface area contributed by atoms with Crippen LogP contribution < -0.4 is 0 Å². The number of rotatable bonds is 3. The van der Waals surface area contributed by atoms with Gasteiger partial charge < -0.3 is 5.11 Å². The van der Waals surface area contributed by atoms with E-state index in [0.29, 0.717) is 5.57 Å². The first-order valence-electron chi connectivity index (χ1n) is 5.88. The summed E-state index contributed by atoms with van der Waals surface area (Å²) in [5.41, 5.74) is 1.13. The minimum absolute atomic E-state index is 0.0649. The molecule has 1 fully saturated rings. The Balaban J connectivity index is 2.29. The zero-order valence-corrected chi connectivity index (χ0v) is 10.4. The molecule has 0 radical (unpaired) electrons. The van der Waals surface area contributed by atoms with Crippen LogP contribution in [0, 0.1) is 28.6 Å². The summed E-state index contributed by atoms with van der Waals surface area (Å²) in [7, 11) is 0. The first-order valence-corrected chi connectivity index (χ1v) is 5.88. The summed E-state index contributed by atoms with van der Waals surface area (Å²) in [5.74, 6) is -1.24. The molecule has 3 heteroatoms. The van der Waals surface area contributed by atoms with Gasteiger partial charge in [0, 0.05) is 0 Å². The molecule has 18 heavy (non-hydrogen) atoms. The molecule has 1 aliphatic carbocycles. The molecule has 0 aromatic heterocycles. The SMILES string of the molecule is CC1(C)C(/C=C(\C#N)c2ccccc2)C1C(=O)O. The van der Waals surface area contributed by atoms with Crippen LogP contribution in [0.25, 0.3) is 5.57 Å². The molecule has 3 nitrogen and oxygen atoms in total. The van der Waals surface area contributed by atoms with Gasteiger partial charge in [-0.1, -0.05) is 50.3 Å². The average molecular weight is 241 g/mol. The second kappa shape index (κ2) is 4.30. The van der Waals surface area contributed by atoms with Crippen LogP contribution in [0.15, 0.2) is 36.4 Å². The van der Waals surface area contributed by atoms with Gasteiger partial charge in [-0.25, -0.2) is 0 Å². The Kier molecular flexibility index (Phi) is 2.96. The molecular formula is C15H15NO2. The predicted molar refractivity (Wildman–Crippen MR) is 68.4 cm³/mol. The first kappa shape index (κ1) is 12.4. The summed E-state index contributed by atoms with van der Waals surface area (Å²) in [5, 5.41) is 18.3. The molecule has 0 heterocycles. The van der Waals surface area contributed by atoms with Crippen LogP contribution in [0.2, 0.25) is 0 Å². The number of carboxylic acids is 1. The lowest BCUT2D eigenvalue weighted by Crippen LogP contribution is -2.03. The summed E-state index contributed by atoms with van der Waals surface area (Å²) in [4.78, 5) is 11.1. The van der Waals surface area contributed by atoms with Crippen molar-refractivity contribution in [2.75, 3.05) is 0 Å². The van der Waals surface area contributed by atoms with Crippen molar-refractivity contribution in [2.24, 2.45) is 17.3 Å². The maximum Gasteiger partial charge on any atom is 0.307 e. The standard InChI is InChI=1S/C15H15NO2/c1-15(2)12(13(15)14(17)18)8-11(9-16)10-6-4-3-5-7-10/h3-8,12-13H,1-2H3,(H,17,18)/b11-8+. The number of carboxylic acid groups (broad SMARTS) is 1. The zero-order chi connectivity index (χ0) is 13.3. The number of hydrogen-bond donors (Lipinski definition) is 1. The van der Waals surface area contributed by atoms with Gasteiger partial charge in [0.1, 0.15) is 0 Å². The molecule has 2 unspecified atom stereocenters. The smallest absolute Gasteiger partial charge is 0.307 e. The van der Waals surface area contributed by atoms with Crippen molar-refractivity contribution < 1.29 is 9.90 Å². The summed E-state index contributed by atoms with van der Waals surface area (Å²) < 4.78 is 0. The van der Waals surface area contributed by atoms with Gasteiger partial charge in [-0.05, 0) is 16.9 Å². The van der Waals surface area contributed by atoms with Gasteiger partial charge in [-0.2, -0.15) is 5.26 Å². The molecule has 1 N–H and O–H groups in total. The number of aliphatic carboxylic acids is 1. The minimum Gasteiger partial charge on any atom is -0.481 e. The molecule has 1 aromatic carbocycles. The molecule has 0 aliphatic heterocycles. The van der Waals surface area contributed by atoms with E-state index in [1.165, 1.54) is 0 Å². The highest BCUT2D eigenvalue weighted by atomic mass is 16.4. The molecule has 2 atom stereocenters. The average Bonchev–Trinajstić information content (AvgIpc) is 2.89. The molecule has 1 saturated carbocycles. The van der Waals surface area contributed by atoms with Crippen LogP contribution in [0.4, 0.5) is 0 Å². The number of nitrogens with zero attached hydrogens (tertiary/aromatic N) is 1. The highest BCUT2D eigenvalue weighted by Gasteiger charge is 2.61. The Bertz CT molecular complexity index is 537. The summed E-state index contributed by atoms with van der Waals surface area (Å²) in [6.45, 7) is 3.85. The Hall–Kier alpha value is -2.08. The van der Waals surface area contributed by atoms with E-state index in [-0.39, 0.29) is 17.3 Å². The number of allylic oxidation sites excluding steroid dienone is 2. The normalized spacial score (nSPS) is 25.3. The van der Waals surface area contributed by atoms with E-state index in [2.05, 4.69) is 6.07 Å². The van der Waals surface area contributed by atoms with Gasteiger partial charge in [-0.3, -0.25) is 4.79 Å². The van der Waals surface area contributed by atoms with E-state index in [1.54, 1.807) is 6.08 Å². The van der Waals surface area contributed by atoms with Crippen molar-refractivity contribution in [1.82, 2.24) is 0 Å². The molecule has 1 aliphatic rings. The van der Waals surface area contributed by atoms with E-state index in [0.717, 1.165) is 5.56 Å². The maximum absolute atomic E-state index is 11.1. The van der Waals surface area contributed by atoms with Gasteiger partial charge in [-0.15, -0.1) is 0 Å². The molecule has 0 saturated heterocycles. The third-order valence-corrected chi connectivity index (χ3v) is 3.73. The van der Waals surface area contributed by atoms with Crippen LogP contribution in [-0.2, 0) is 4.79 Å². The van der Waals surface area contributed by atoms with Crippen molar-refractivity contribution >= 4 is 11.5 Å². The van der Waals surface area contributed by atoms with E-state index >= 15 is 0 Å². The topological polar surface area (TPSA) is 61.1 Å². The lowest BCUT2D eigenvalue weighted by Gasteiger charge is -2.00. The highest BCUT2D eigenvalue weighted by molar-refractivity contribution is 5.81. The first-order chi connectivity index (χ1) is 8.48. The third kappa shape index (κ3) is 2.02. The van der Waals surface area contributed by atoms with Crippen molar-refractivity contribution in [3.8, 4) is 6.07 Å². The Labute approximate surface area is 106 Å². The minimum atomic E-state index is -0.786. The maximum atomic E-state index is 11.1. The van der Waals surface area contributed by atoms with Gasteiger partial charge in [0.2, 0.25) is 0 Å². The summed E-state index contributed by atoms with van der Waals surface area (Å²) >= 11 is 0. The third-order valence-electron chi connectivity index (χ3n) is 3.73. The monoisotopic (exact) mass is 241 g/mol. The molecular weight excluding hydrogens is 226 g/mol. The highest BCUT2D eigenvalue weighted by Crippen LogP contribution is 2.59. The molecule has 92 valence electrons. The largest absolute Gasteiger partial charge is 0.481 e. The molecule has 0 bridgehead atoms. The van der Waals surface area contributed by atoms with E-state index in [9.17, 15) is 10.1 Å². The molecule has 0 spiro atoms. The second-order valence-corrected chi connectivity index (χ2v) is 5.22. The van der Waals surface area contributed by atoms with Crippen LogP contribution >= 0.6 is 0 Å². The van der Waals surface area contributed by atoms with Crippen LogP contribution in [0.1, 0.15) is 19.4 Å². The predicted octanol–water partition coefficient (Wildman–Crippen LogP) is 2.95. The van der Waals surface area contributed by atoms with Gasteiger partial charge in [0.25, 0.3) is 0 Å². The Morgan fingerprint density at radius 1 is 1.39 bits per heavy atom.